The number of hydrogen-bond acceptors (Lipinski definition) is 4. The van der Waals surface area contributed by atoms with Gasteiger partial charge in [-0.2, -0.15) is 5.10 Å². The smallest absolute Gasteiger partial charge is 0.161 e. The second-order valence-corrected chi connectivity index (χ2v) is 6.23. The Bertz CT molecular complexity index is 629. The number of carbonyl (C=O) groups excluding carboxylic acids is 1. The third-order valence-corrected chi connectivity index (χ3v) is 4.30. The number of rotatable bonds is 3. The zero-order valence-electron chi connectivity index (χ0n) is 11.9. The van der Waals surface area contributed by atoms with E-state index in [0.29, 0.717) is 11.6 Å². The molecule has 1 aliphatic rings. The third kappa shape index (κ3) is 3.15. The highest BCUT2D eigenvalue weighted by atomic mass is 79.9. The van der Waals surface area contributed by atoms with Crippen LogP contribution in [0.2, 0.25) is 0 Å². The number of hydrogen-bond donors (Lipinski definition) is 0. The number of aromatic nitrogens is 3. The largest absolute Gasteiger partial charge is 0.356 e. The number of piperidine rings is 1. The number of Topliss-reactive ketones (excluding diaryl/α,β-unsaturated/α-hetero) is 1. The number of nitrogens with zero attached hydrogens (tertiary/aromatic N) is 4. The van der Waals surface area contributed by atoms with Crippen molar-refractivity contribution in [3.05, 3.63) is 40.8 Å². The summed E-state index contributed by atoms with van der Waals surface area (Å²) in [5.41, 5.74) is 0.662. The number of halogens is 1. The molecule has 3 rings (SSSR count). The van der Waals surface area contributed by atoms with Crippen molar-refractivity contribution in [1.82, 2.24) is 14.8 Å². The first kappa shape index (κ1) is 14.3. The van der Waals surface area contributed by atoms with Crippen molar-refractivity contribution in [2.75, 3.05) is 18.0 Å². The van der Waals surface area contributed by atoms with Crippen molar-refractivity contribution in [1.29, 1.82) is 0 Å². The van der Waals surface area contributed by atoms with Crippen molar-refractivity contribution in [2.24, 2.45) is 0 Å². The summed E-state index contributed by atoms with van der Waals surface area (Å²) in [7, 11) is 0. The molecule has 2 aromatic heterocycles. The van der Waals surface area contributed by atoms with Crippen LogP contribution in [0.3, 0.4) is 0 Å². The summed E-state index contributed by atoms with van der Waals surface area (Å²) in [6, 6.07) is 4.23. The van der Waals surface area contributed by atoms with Gasteiger partial charge in [0.05, 0.1) is 16.7 Å². The van der Waals surface area contributed by atoms with Crippen LogP contribution in [-0.4, -0.2) is 33.6 Å². The van der Waals surface area contributed by atoms with Crippen LogP contribution in [0.5, 0.6) is 0 Å². The second kappa shape index (κ2) is 5.97. The van der Waals surface area contributed by atoms with Gasteiger partial charge in [-0.05, 0) is 47.8 Å². The maximum absolute atomic E-state index is 11.3. The molecule has 0 saturated carbocycles. The van der Waals surface area contributed by atoms with Gasteiger partial charge < -0.3 is 4.90 Å². The van der Waals surface area contributed by atoms with Crippen LogP contribution < -0.4 is 4.90 Å². The molecule has 6 heteroatoms. The first-order valence-corrected chi connectivity index (χ1v) is 7.84. The van der Waals surface area contributed by atoms with E-state index in [1.165, 1.54) is 0 Å². The van der Waals surface area contributed by atoms with Crippen molar-refractivity contribution in [3.63, 3.8) is 0 Å². The molecular formula is C15H17BrN4O. The van der Waals surface area contributed by atoms with E-state index in [4.69, 9.17) is 0 Å². The van der Waals surface area contributed by atoms with E-state index >= 15 is 0 Å². The summed E-state index contributed by atoms with van der Waals surface area (Å²) in [5, 5.41) is 4.37. The molecule has 1 fully saturated rings. The Morgan fingerprint density at radius 2 is 2.05 bits per heavy atom. The lowest BCUT2D eigenvalue weighted by Gasteiger charge is -2.32. The molecule has 0 bridgehead atoms. The van der Waals surface area contributed by atoms with Crippen molar-refractivity contribution < 1.29 is 4.79 Å². The monoisotopic (exact) mass is 348 g/mol. The normalized spacial score (nSPS) is 16.2. The molecule has 0 aromatic carbocycles. The van der Waals surface area contributed by atoms with Gasteiger partial charge in [-0.1, -0.05) is 0 Å². The predicted molar refractivity (Wildman–Crippen MR) is 84.7 cm³/mol. The van der Waals surface area contributed by atoms with Gasteiger partial charge in [-0.15, -0.1) is 0 Å². The van der Waals surface area contributed by atoms with E-state index in [0.717, 1.165) is 36.2 Å². The molecule has 1 aliphatic heterocycles. The Morgan fingerprint density at radius 1 is 1.29 bits per heavy atom. The molecule has 0 amide bonds. The lowest BCUT2D eigenvalue weighted by atomic mass is 10.1. The number of pyridine rings is 1. The minimum Gasteiger partial charge on any atom is -0.356 e. The van der Waals surface area contributed by atoms with E-state index in [2.05, 4.69) is 30.9 Å². The molecule has 0 atom stereocenters. The lowest BCUT2D eigenvalue weighted by Crippen LogP contribution is -2.35. The van der Waals surface area contributed by atoms with Gasteiger partial charge in [0.15, 0.2) is 5.78 Å². The van der Waals surface area contributed by atoms with E-state index in [1.807, 2.05) is 29.2 Å². The predicted octanol–water partition coefficient (Wildman–Crippen LogP) is 3.08. The fourth-order valence-electron chi connectivity index (χ4n) is 2.66. The molecule has 0 radical (unpaired) electrons. The summed E-state index contributed by atoms with van der Waals surface area (Å²) in [5.74, 6) is 0.997. The minimum absolute atomic E-state index is 0.0528. The molecule has 0 spiro atoms. The van der Waals surface area contributed by atoms with Crippen molar-refractivity contribution >= 4 is 27.5 Å². The standard InChI is InChI=1S/C15H17BrN4O/c1-11(21)12-2-3-15(17-8-12)19-6-4-14(5-7-19)20-10-13(16)9-18-20/h2-3,8-10,14H,4-7H2,1H3. The first-order valence-electron chi connectivity index (χ1n) is 7.05. The van der Waals surface area contributed by atoms with Crippen LogP contribution in [0.25, 0.3) is 0 Å². The number of ketones is 1. The van der Waals surface area contributed by atoms with E-state index < -0.39 is 0 Å². The quantitative estimate of drug-likeness (QED) is 0.799. The summed E-state index contributed by atoms with van der Waals surface area (Å²) < 4.78 is 3.06. The summed E-state index contributed by atoms with van der Waals surface area (Å²) >= 11 is 3.43. The Kier molecular flexibility index (Phi) is 4.05. The van der Waals surface area contributed by atoms with Gasteiger partial charge in [0, 0.05) is 31.0 Å². The molecule has 5 nitrogen and oxygen atoms in total. The molecule has 21 heavy (non-hydrogen) atoms. The van der Waals surface area contributed by atoms with Gasteiger partial charge in [0.2, 0.25) is 0 Å². The highest BCUT2D eigenvalue weighted by Crippen LogP contribution is 2.26. The first-order chi connectivity index (χ1) is 10.1. The van der Waals surface area contributed by atoms with Crippen LogP contribution >= 0.6 is 15.9 Å². The SMILES string of the molecule is CC(=O)c1ccc(N2CCC(n3cc(Br)cn3)CC2)nc1. The second-order valence-electron chi connectivity index (χ2n) is 5.32. The average Bonchev–Trinajstić information content (AvgIpc) is 2.94. The minimum atomic E-state index is 0.0528. The summed E-state index contributed by atoms with van der Waals surface area (Å²) in [6.45, 7) is 3.47. The molecule has 2 aromatic rings. The molecule has 0 unspecified atom stereocenters. The highest BCUT2D eigenvalue weighted by Gasteiger charge is 2.22. The molecule has 0 N–H and O–H groups in total. The molecule has 3 heterocycles. The zero-order chi connectivity index (χ0) is 14.8. The van der Waals surface area contributed by atoms with Gasteiger partial charge in [-0.3, -0.25) is 9.48 Å². The summed E-state index contributed by atoms with van der Waals surface area (Å²) in [4.78, 5) is 17.9. The van der Waals surface area contributed by atoms with Crippen LogP contribution in [0.15, 0.2) is 35.2 Å². The zero-order valence-corrected chi connectivity index (χ0v) is 13.5. The Hall–Kier alpha value is -1.69. The molecule has 1 saturated heterocycles. The maximum Gasteiger partial charge on any atom is 0.161 e. The average molecular weight is 349 g/mol. The Balaban J connectivity index is 1.64. The van der Waals surface area contributed by atoms with Crippen LogP contribution in [0, 0.1) is 0 Å². The van der Waals surface area contributed by atoms with Gasteiger partial charge in [0.1, 0.15) is 5.82 Å². The van der Waals surface area contributed by atoms with Crippen molar-refractivity contribution in [3.8, 4) is 0 Å². The van der Waals surface area contributed by atoms with Crippen LogP contribution in [0.4, 0.5) is 5.82 Å². The van der Waals surface area contributed by atoms with Gasteiger partial charge in [0.25, 0.3) is 0 Å². The molecule has 110 valence electrons. The Labute approximate surface area is 132 Å². The fraction of sp³-hybridized carbons (Fsp3) is 0.400. The number of carbonyl (C=O) groups is 1. The maximum atomic E-state index is 11.3. The topological polar surface area (TPSA) is 51.0 Å². The Morgan fingerprint density at radius 3 is 2.57 bits per heavy atom. The molecular weight excluding hydrogens is 332 g/mol. The third-order valence-electron chi connectivity index (χ3n) is 3.89. The van der Waals surface area contributed by atoms with Gasteiger partial charge >= 0.3 is 0 Å². The lowest BCUT2D eigenvalue weighted by molar-refractivity contribution is 0.101. The van der Waals surface area contributed by atoms with Crippen LogP contribution in [-0.2, 0) is 0 Å². The molecule has 0 aliphatic carbocycles. The number of anilines is 1. The van der Waals surface area contributed by atoms with E-state index in [9.17, 15) is 4.79 Å². The summed E-state index contributed by atoms with van der Waals surface area (Å²) in [6.07, 6.45) is 7.61. The highest BCUT2D eigenvalue weighted by molar-refractivity contribution is 9.10. The van der Waals surface area contributed by atoms with E-state index in [-0.39, 0.29) is 5.78 Å². The van der Waals surface area contributed by atoms with Crippen LogP contribution in [0.1, 0.15) is 36.2 Å². The van der Waals surface area contributed by atoms with Gasteiger partial charge in [-0.25, -0.2) is 4.98 Å². The van der Waals surface area contributed by atoms with E-state index in [1.54, 1.807) is 13.1 Å². The van der Waals surface area contributed by atoms with Crippen molar-refractivity contribution in [2.45, 2.75) is 25.8 Å². The fourth-order valence-corrected chi connectivity index (χ4v) is 2.96.